The predicted octanol–water partition coefficient (Wildman–Crippen LogP) is 4.39. The van der Waals surface area contributed by atoms with Gasteiger partial charge in [0.25, 0.3) is 0 Å². The summed E-state index contributed by atoms with van der Waals surface area (Å²) in [7, 11) is 0. The smallest absolute Gasteiger partial charge is 0.329 e. The summed E-state index contributed by atoms with van der Waals surface area (Å²) in [6, 6.07) is 3.59. The highest BCUT2D eigenvalue weighted by Crippen LogP contribution is 2.29. The molecule has 2 aromatic rings. The maximum absolute atomic E-state index is 12.3. The Hall–Kier alpha value is -1.82. The first-order valence-electron chi connectivity index (χ1n) is 6.96. The van der Waals surface area contributed by atoms with Gasteiger partial charge in [-0.2, -0.15) is 5.26 Å². The zero-order valence-electron chi connectivity index (χ0n) is 12.8. The fourth-order valence-corrected chi connectivity index (χ4v) is 4.13. The van der Waals surface area contributed by atoms with E-state index in [1.54, 1.807) is 6.20 Å². The van der Waals surface area contributed by atoms with Gasteiger partial charge >= 0.3 is 5.97 Å². The number of aliphatic imine (C=N–C) groups is 1. The zero-order chi connectivity index (χ0) is 17.5. The summed E-state index contributed by atoms with van der Waals surface area (Å²) in [5.41, 5.74) is 0.385. The second-order valence-corrected chi connectivity index (χ2v) is 7.34. The minimum Gasteiger partial charge on any atom is -0.460 e. The Bertz CT molecular complexity index is 778. The van der Waals surface area contributed by atoms with Gasteiger partial charge in [0.1, 0.15) is 11.6 Å². The summed E-state index contributed by atoms with van der Waals surface area (Å²) in [4.78, 5) is 21.9. The van der Waals surface area contributed by atoms with Crippen molar-refractivity contribution in [1.29, 1.82) is 5.26 Å². The molecule has 0 aliphatic rings. The van der Waals surface area contributed by atoms with Crippen LogP contribution in [0.3, 0.4) is 0 Å². The molecule has 0 saturated heterocycles. The Morgan fingerprint density at radius 3 is 2.92 bits per heavy atom. The highest BCUT2D eigenvalue weighted by Gasteiger charge is 2.30. The molecule has 24 heavy (non-hydrogen) atoms. The number of nitriles is 1. The molecule has 0 aliphatic carbocycles. The van der Waals surface area contributed by atoms with E-state index in [1.165, 1.54) is 28.7 Å². The van der Waals surface area contributed by atoms with Crippen LogP contribution in [0, 0.1) is 17.2 Å². The Morgan fingerprint density at radius 2 is 2.38 bits per heavy atom. The van der Waals surface area contributed by atoms with Crippen molar-refractivity contribution < 1.29 is 9.53 Å². The lowest BCUT2D eigenvalue weighted by Gasteiger charge is -2.13. The first kappa shape index (κ1) is 18.5. The number of hydrogen-bond acceptors (Lipinski definition) is 7. The molecule has 124 valence electrons. The summed E-state index contributed by atoms with van der Waals surface area (Å²) in [5, 5.41) is 14.1. The molecule has 0 radical (unpaired) electrons. The number of carbonyl (C=O) groups is 1. The van der Waals surface area contributed by atoms with Crippen molar-refractivity contribution in [3.8, 4) is 6.07 Å². The number of nitrogens with zero attached hydrogens (tertiary/aromatic N) is 3. The number of halogens is 1. The van der Waals surface area contributed by atoms with Gasteiger partial charge in [0.05, 0.1) is 22.7 Å². The molecule has 5 nitrogen and oxygen atoms in total. The van der Waals surface area contributed by atoms with E-state index < -0.39 is 11.9 Å². The molecule has 0 N–H and O–H groups in total. The maximum atomic E-state index is 12.3. The topological polar surface area (TPSA) is 75.3 Å². The molecule has 2 atom stereocenters. The minimum absolute atomic E-state index is 0.0535. The van der Waals surface area contributed by atoms with Crippen LogP contribution in [-0.2, 0) is 9.53 Å². The summed E-state index contributed by atoms with van der Waals surface area (Å²) < 4.78 is 5.84. The Kier molecular flexibility index (Phi) is 6.85. The highest BCUT2D eigenvalue weighted by atomic mass is 79.9. The van der Waals surface area contributed by atoms with E-state index in [-0.39, 0.29) is 12.6 Å². The van der Waals surface area contributed by atoms with Crippen LogP contribution in [0.4, 0.5) is 0 Å². The van der Waals surface area contributed by atoms with E-state index in [2.05, 4.69) is 32.5 Å². The van der Waals surface area contributed by atoms with E-state index in [0.717, 1.165) is 14.4 Å². The van der Waals surface area contributed by atoms with Crippen LogP contribution in [0.5, 0.6) is 0 Å². The lowest BCUT2D eigenvalue weighted by molar-refractivity contribution is -0.143. The fraction of sp³-hybridized carbons (Fsp3) is 0.250. The Labute approximate surface area is 156 Å². The number of rotatable bonds is 7. The standard InChI is InChI=1S/C16H14BrN3O2S2/c1-3-6-22-16(21)11(9-18)13(14-12(17)4-7-23-14)20-10(2)15-19-5-8-24-15/h3-5,7-8,10-11H,1,6H2,2H3. The highest BCUT2D eigenvalue weighted by molar-refractivity contribution is 9.10. The Balaban J connectivity index is 2.43. The van der Waals surface area contributed by atoms with Crippen LogP contribution in [0.1, 0.15) is 22.9 Å². The molecule has 0 bridgehead atoms. The third-order valence-corrected chi connectivity index (χ3v) is 5.78. The van der Waals surface area contributed by atoms with Gasteiger partial charge in [0.2, 0.25) is 0 Å². The summed E-state index contributed by atoms with van der Waals surface area (Å²) >= 11 is 6.33. The van der Waals surface area contributed by atoms with E-state index in [4.69, 9.17) is 4.74 Å². The summed E-state index contributed by atoms with van der Waals surface area (Å²) in [6.07, 6.45) is 3.16. The van der Waals surface area contributed by atoms with Gasteiger partial charge in [-0.25, -0.2) is 4.98 Å². The van der Waals surface area contributed by atoms with Crippen molar-refractivity contribution >= 4 is 50.3 Å². The monoisotopic (exact) mass is 423 g/mol. The lowest BCUT2D eigenvalue weighted by atomic mass is 10.0. The van der Waals surface area contributed by atoms with Gasteiger partial charge in [-0.15, -0.1) is 22.7 Å². The van der Waals surface area contributed by atoms with Crippen molar-refractivity contribution in [1.82, 2.24) is 4.98 Å². The lowest BCUT2D eigenvalue weighted by Crippen LogP contribution is -2.26. The first-order valence-corrected chi connectivity index (χ1v) is 9.51. The molecular weight excluding hydrogens is 410 g/mol. The maximum Gasteiger partial charge on any atom is 0.329 e. The molecule has 0 spiro atoms. The van der Waals surface area contributed by atoms with Crippen molar-refractivity contribution in [2.75, 3.05) is 6.61 Å². The van der Waals surface area contributed by atoms with Crippen LogP contribution in [0.2, 0.25) is 0 Å². The SMILES string of the molecule is C=CCOC(=O)C(C#N)C(=NC(C)c1nccs1)c1sccc1Br. The van der Waals surface area contributed by atoms with E-state index >= 15 is 0 Å². The minimum atomic E-state index is -1.11. The number of aromatic nitrogens is 1. The molecular formula is C16H14BrN3O2S2. The summed E-state index contributed by atoms with van der Waals surface area (Å²) in [5.74, 6) is -1.75. The third-order valence-electron chi connectivity index (χ3n) is 2.97. The van der Waals surface area contributed by atoms with Crippen molar-refractivity contribution in [3.63, 3.8) is 0 Å². The normalized spacial score (nSPS) is 13.8. The quantitative estimate of drug-likeness (QED) is 0.375. The second kappa shape index (κ2) is 8.87. The van der Waals surface area contributed by atoms with Crippen LogP contribution >= 0.6 is 38.6 Å². The molecule has 8 heteroatoms. The van der Waals surface area contributed by atoms with Crippen LogP contribution in [0.15, 0.2) is 45.1 Å². The van der Waals surface area contributed by atoms with Gasteiger partial charge in [0.15, 0.2) is 5.92 Å². The molecule has 0 aromatic carbocycles. The van der Waals surface area contributed by atoms with Gasteiger partial charge < -0.3 is 4.74 Å². The predicted molar refractivity (Wildman–Crippen MR) is 99.3 cm³/mol. The number of thiazole rings is 1. The molecule has 0 aliphatic heterocycles. The molecule has 2 rings (SSSR count). The molecule has 2 unspecified atom stereocenters. The van der Waals surface area contributed by atoms with E-state index in [1.807, 2.05) is 29.8 Å². The fourth-order valence-electron chi connectivity index (χ4n) is 1.90. The van der Waals surface area contributed by atoms with Gasteiger partial charge in [0, 0.05) is 16.0 Å². The van der Waals surface area contributed by atoms with E-state index in [9.17, 15) is 10.1 Å². The van der Waals surface area contributed by atoms with Gasteiger partial charge in [-0.05, 0) is 34.3 Å². The largest absolute Gasteiger partial charge is 0.460 e. The van der Waals surface area contributed by atoms with Crippen LogP contribution < -0.4 is 0 Å². The number of esters is 1. The van der Waals surface area contributed by atoms with Crippen LogP contribution in [-0.4, -0.2) is 23.3 Å². The number of thiophene rings is 1. The van der Waals surface area contributed by atoms with Crippen molar-refractivity contribution in [2.24, 2.45) is 10.9 Å². The number of hydrogen-bond donors (Lipinski definition) is 0. The van der Waals surface area contributed by atoms with E-state index in [0.29, 0.717) is 5.71 Å². The van der Waals surface area contributed by atoms with Gasteiger partial charge in [-0.3, -0.25) is 9.79 Å². The first-order chi connectivity index (χ1) is 11.6. The van der Waals surface area contributed by atoms with Crippen molar-refractivity contribution in [2.45, 2.75) is 13.0 Å². The molecule has 0 fully saturated rings. The second-order valence-electron chi connectivity index (χ2n) is 4.64. The molecule has 0 amide bonds. The molecule has 0 saturated carbocycles. The zero-order valence-corrected chi connectivity index (χ0v) is 16.0. The molecule has 2 heterocycles. The average molecular weight is 424 g/mol. The van der Waals surface area contributed by atoms with Crippen molar-refractivity contribution in [3.05, 3.63) is 50.0 Å². The Morgan fingerprint density at radius 1 is 1.58 bits per heavy atom. The van der Waals surface area contributed by atoms with Gasteiger partial charge in [-0.1, -0.05) is 12.7 Å². The number of carbonyl (C=O) groups excluding carboxylic acids is 1. The van der Waals surface area contributed by atoms with Crippen LogP contribution in [0.25, 0.3) is 0 Å². The number of ether oxygens (including phenoxy) is 1. The molecule has 2 aromatic heterocycles. The summed E-state index contributed by atoms with van der Waals surface area (Å²) in [6.45, 7) is 5.44. The average Bonchev–Trinajstić information content (AvgIpc) is 3.24. The third kappa shape index (κ3) is 4.38.